The van der Waals surface area contributed by atoms with Gasteiger partial charge in [-0.2, -0.15) is 0 Å². The van der Waals surface area contributed by atoms with Gasteiger partial charge >= 0.3 is 5.97 Å². The van der Waals surface area contributed by atoms with E-state index in [1.54, 1.807) is 31.5 Å². The smallest absolute Gasteiger partial charge is 0.330 e. The van der Waals surface area contributed by atoms with Crippen molar-refractivity contribution in [1.82, 2.24) is 4.98 Å². The highest BCUT2D eigenvalue weighted by Gasteiger charge is 2.06. The summed E-state index contributed by atoms with van der Waals surface area (Å²) >= 11 is 0. The molecular formula is C17H17NO4. The molecule has 5 nitrogen and oxygen atoms in total. The molecule has 0 atom stereocenters. The van der Waals surface area contributed by atoms with E-state index < -0.39 is 5.97 Å². The molecule has 2 aromatic rings. The van der Waals surface area contributed by atoms with Gasteiger partial charge in [-0.15, -0.1) is 0 Å². The second-order valence-corrected chi connectivity index (χ2v) is 4.38. The minimum atomic E-state index is -0.408. The topological polar surface area (TPSA) is 57.7 Å². The highest BCUT2D eigenvalue weighted by Crippen LogP contribution is 2.29. The summed E-state index contributed by atoms with van der Waals surface area (Å²) < 4.78 is 15.6. The number of carbonyl (C=O) groups is 1. The van der Waals surface area contributed by atoms with Crippen LogP contribution in [0.1, 0.15) is 11.3 Å². The molecule has 0 radical (unpaired) electrons. The molecule has 5 heteroatoms. The van der Waals surface area contributed by atoms with Crippen LogP contribution in [-0.2, 0) is 16.1 Å². The van der Waals surface area contributed by atoms with Crippen molar-refractivity contribution in [2.45, 2.75) is 6.61 Å². The molecule has 2 rings (SSSR count). The van der Waals surface area contributed by atoms with Crippen LogP contribution in [0.3, 0.4) is 0 Å². The third-order valence-corrected chi connectivity index (χ3v) is 2.90. The fourth-order valence-corrected chi connectivity index (χ4v) is 1.77. The van der Waals surface area contributed by atoms with E-state index in [1.165, 1.54) is 13.2 Å². The number of hydrogen-bond donors (Lipinski definition) is 0. The summed E-state index contributed by atoms with van der Waals surface area (Å²) in [5, 5.41) is 0. The Labute approximate surface area is 129 Å². The van der Waals surface area contributed by atoms with Crippen molar-refractivity contribution in [2.75, 3.05) is 14.2 Å². The van der Waals surface area contributed by atoms with Gasteiger partial charge in [-0.25, -0.2) is 4.79 Å². The number of rotatable bonds is 6. The zero-order valence-corrected chi connectivity index (χ0v) is 12.5. The van der Waals surface area contributed by atoms with Crippen molar-refractivity contribution >= 4 is 12.0 Å². The summed E-state index contributed by atoms with van der Waals surface area (Å²) in [5.74, 6) is 0.792. The first-order valence-electron chi connectivity index (χ1n) is 6.69. The molecule has 0 N–H and O–H groups in total. The number of carbonyl (C=O) groups excluding carboxylic acids is 1. The van der Waals surface area contributed by atoms with Crippen molar-refractivity contribution in [3.05, 3.63) is 59.9 Å². The second-order valence-electron chi connectivity index (χ2n) is 4.38. The van der Waals surface area contributed by atoms with Crippen LogP contribution in [0.4, 0.5) is 0 Å². The minimum Gasteiger partial charge on any atom is -0.493 e. The number of methoxy groups -OCH3 is 2. The van der Waals surface area contributed by atoms with Gasteiger partial charge in [0.05, 0.1) is 19.9 Å². The van der Waals surface area contributed by atoms with Crippen molar-refractivity contribution in [1.29, 1.82) is 0 Å². The van der Waals surface area contributed by atoms with Gasteiger partial charge in [0, 0.05) is 12.3 Å². The zero-order chi connectivity index (χ0) is 15.8. The van der Waals surface area contributed by atoms with E-state index in [2.05, 4.69) is 9.72 Å². The lowest BCUT2D eigenvalue weighted by atomic mass is 10.2. The maximum atomic E-state index is 11.1. The first-order chi connectivity index (χ1) is 10.7. The van der Waals surface area contributed by atoms with E-state index in [4.69, 9.17) is 9.47 Å². The summed E-state index contributed by atoms with van der Waals surface area (Å²) in [6.45, 7) is 0.356. The molecule has 1 heterocycles. The molecule has 0 aliphatic rings. The fourth-order valence-electron chi connectivity index (χ4n) is 1.77. The molecule has 0 aliphatic heterocycles. The van der Waals surface area contributed by atoms with Gasteiger partial charge in [0.2, 0.25) is 0 Å². The first kappa shape index (κ1) is 15.6. The molecule has 0 saturated heterocycles. The largest absolute Gasteiger partial charge is 0.493 e. The van der Waals surface area contributed by atoms with Gasteiger partial charge in [-0.3, -0.25) is 4.98 Å². The maximum absolute atomic E-state index is 11.1. The molecule has 0 bridgehead atoms. The Bertz CT molecular complexity index is 653. The lowest BCUT2D eigenvalue weighted by molar-refractivity contribution is -0.134. The van der Waals surface area contributed by atoms with Gasteiger partial charge in [-0.05, 0) is 35.9 Å². The number of benzene rings is 1. The van der Waals surface area contributed by atoms with Gasteiger partial charge in [0.1, 0.15) is 6.61 Å². The molecule has 1 aromatic heterocycles. The second kappa shape index (κ2) is 7.83. The van der Waals surface area contributed by atoms with Gasteiger partial charge in [0.15, 0.2) is 11.5 Å². The average Bonchev–Trinajstić information content (AvgIpc) is 2.58. The van der Waals surface area contributed by atoms with E-state index in [9.17, 15) is 4.79 Å². The van der Waals surface area contributed by atoms with E-state index in [-0.39, 0.29) is 0 Å². The predicted molar refractivity (Wildman–Crippen MR) is 82.6 cm³/mol. The maximum Gasteiger partial charge on any atom is 0.330 e. The molecule has 114 valence electrons. The van der Waals surface area contributed by atoms with Crippen LogP contribution in [-0.4, -0.2) is 25.2 Å². The Morgan fingerprint density at radius 3 is 2.73 bits per heavy atom. The minimum absolute atomic E-state index is 0.356. The van der Waals surface area contributed by atoms with E-state index in [1.807, 2.05) is 24.3 Å². The Morgan fingerprint density at radius 2 is 2.05 bits per heavy atom. The summed E-state index contributed by atoms with van der Waals surface area (Å²) in [7, 11) is 2.90. The molecule has 0 unspecified atom stereocenters. The molecule has 0 saturated carbocycles. The van der Waals surface area contributed by atoms with Crippen molar-refractivity contribution < 1.29 is 19.0 Å². The average molecular weight is 299 g/mol. The molecule has 0 amide bonds. The van der Waals surface area contributed by atoms with Crippen molar-refractivity contribution in [3.8, 4) is 11.5 Å². The summed E-state index contributed by atoms with van der Waals surface area (Å²) in [6, 6.07) is 11.1. The monoisotopic (exact) mass is 299 g/mol. The SMILES string of the molecule is COC(=O)/C=C/c1ccc(OCc2ccccn2)c(OC)c1. The van der Waals surface area contributed by atoms with Crippen LogP contribution in [0.2, 0.25) is 0 Å². The van der Waals surface area contributed by atoms with Crippen LogP contribution in [0.5, 0.6) is 11.5 Å². The highest BCUT2D eigenvalue weighted by atomic mass is 16.5. The van der Waals surface area contributed by atoms with E-state index in [0.29, 0.717) is 18.1 Å². The van der Waals surface area contributed by atoms with Crippen molar-refractivity contribution in [3.63, 3.8) is 0 Å². The van der Waals surface area contributed by atoms with Crippen LogP contribution in [0.25, 0.3) is 6.08 Å². The Hall–Kier alpha value is -2.82. The molecule has 1 aromatic carbocycles. The third kappa shape index (κ3) is 4.34. The summed E-state index contributed by atoms with van der Waals surface area (Å²) in [6.07, 6.45) is 4.72. The lowest BCUT2D eigenvalue weighted by Gasteiger charge is -2.11. The van der Waals surface area contributed by atoms with E-state index in [0.717, 1.165) is 11.3 Å². The van der Waals surface area contributed by atoms with Gasteiger partial charge in [-0.1, -0.05) is 12.1 Å². The van der Waals surface area contributed by atoms with Crippen LogP contribution in [0, 0.1) is 0 Å². The molecule has 22 heavy (non-hydrogen) atoms. The summed E-state index contributed by atoms with van der Waals surface area (Å²) in [4.78, 5) is 15.3. The van der Waals surface area contributed by atoms with E-state index >= 15 is 0 Å². The third-order valence-electron chi connectivity index (χ3n) is 2.90. The number of ether oxygens (including phenoxy) is 3. The molecule has 0 fully saturated rings. The number of nitrogens with zero attached hydrogens (tertiary/aromatic N) is 1. The predicted octanol–water partition coefficient (Wildman–Crippen LogP) is 2.86. The Balaban J connectivity index is 2.09. The Kier molecular flexibility index (Phi) is 5.54. The number of pyridine rings is 1. The quantitative estimate of drug-likeness (QED) is 0.606. The fraction of sp³-hybridized carbons (Fsp3) is 0.176. The number of aromatic nitrogens is 1. The van der Waals surface area contributed by atoms with Crippen LogP contribution < -0.4 is 9.47 Å². The van der Waals surface area contributed by atoms with Crippen LogP contribution in [0.15, 0.2) is 48.7 Å². The summed E-state index contributed by atoms with van der Waals surface area (Å²) in [5.41, 5.74) is 1.65. The molecular weight excluding hydrogens is 282 g/mol. The number of hydrogen-bond acceptors (Lipinski definition) is 5. The standard InChI is InChI=1S/C17H17NO4/c1-20-16-11-13(7-9-17(19)21-2)6-8-15(16)22-12-14-5-3-4-10-18-14/h3-11H,12H2,1-2H3/b9-7+. The van der Waals surface area contributed by atoms with Crippen LogP contribution >= 0.6 is 0 Å². The highest BCUT2D eigenvalue weighted by molar-refractivity contribution is 5.87. The first-order valence-corrected chi connectivity index (χ1v) is 6.69. The Morgan fingerprint density at radius 1 is 1.18 bits per heavy atom. The molecule has 0 aliphatic carbocycles. The number of esters is 1. The van der Waals surface area contributed by atoms with Gasteiger partial charge in [0.25, 0.3) is 0 Å². The lowest BCUT2D eigenvalue weighted by Crippen LogP contribution is -1.99. The van der Waals surface area contributed by atoms with Crippen molar-refractivity contribution in [2.24, 2.45) is 0 Å². The normalized spacial score (nSPS) is 10.5. The molecule has 0 spiro atoms. The van der Waals surface area contributed by atoms with Gasteiger partial charge < -0.3 is 14.2 Å². The zero-order valence-electron chi connectivity index (χ0n) is 12.5.